The average Bonchev–Trinajstić information content (AvgIpc) is 3.04. The maximum Gasteiger partial charge on any atom is 4.00 e. The van der Waals surface area contributed by atoms with Crippen molar-refractivity contribution in [1.82, 2.24) is 0 Å². The van der Waals surface area contributed by atoms with Crippen molar-refractivity contribution in [2.24, 2.45) is 0 Å². The Morgan fingerprint density at radius 2 is 1.81 bits per heavy atom. The second-order valence-electron chi connectivity index (χ2n) is 5.41. The van der Waals surface area contributed by atoms with Gasteiger partial charge in [0.25, 0.3) is 0 Å². The van der Waals surface area contributed by atoms with E-state index in [1.807, 2.05) is 12.2 Å². The van der Waals surface area contributed by atoms with Crippen LogP contribution in [0.25, 0.3) is 0 Å². The predicted molar refractivity (Wildman–Crippen MR) is 82.9 cm³/mol. The molecule has 0 radical (unpaired) electrons. The summed E-state index contributed by atoms with van der Waals surface area (Å²) >= 11 is 0. The maximum absolute atomic E-state index is 2.99. The van der Waals surface area contributed by atoms with E-state index in [0.717, 1.165) is 6.42 Å². The van der Waals surface area contributed by atoms with Gasteiger partial charge in [-0.05, 0) is 0 Å². The van der Waals surface area contributed by atoms with Crippen LogP contribution in [-0.2, 0) is 21.7 Å². The van der Waals surface area contributed by atoms with E-state index in [4.69, 9.17) is 0 Å². The Bertz CT molecular complexity index is 385. The summed E-state index contributed by atoms with van der Waals surface area (Å²) in [7, 11) is -0.888. The fourth-order valence-electron chi connectivity index (χ4n) is 2.87. The molecule has 1 heterocycles. The normalized spacial score (nSPS) is 16.4. The van der Waals surface area contributed by atoms with Crippen LogP contribution in [0.15, 0.2) is 42.5 Å². The van der Waals surface area contributed by atoms with Crippen LogP contribution in [0.3, 0.4) is 0 Å². The summed E-state index contributed by atoms with van der Waals surface area (Å²) in [4.78, 5) is 0. The van der Waals surface area contributed by atoms with Crippen molar-refractivity contribution < 1.29 is 46.5 Å². The van der Waals surface area contributed by atoms with E-state index in [1.54, 1.807) is 23.3 Å². The summed E-state index contributed by atoms with van der Waals surface area (Å²) in [5.74, 6) is 0. The summed E-state index contributed by atoms with van der Waals surface area (Å²) in [6, 6.07) is 13.9. The van der Waals surface area contributed by atoms with Crippen molar-refractivity contribution in [2.45, 2.75) is 50.7 Å². The minimum atomic E-state index is -0.888. The predicted octanol–water partition coefficient (Wildman–Crippen LogP) is -1.42. The van der Waals surface area contributed by atoms with Crippen LogP contribution in [0.5, 0.6) is 0 Å². The minimum absolute atomic E-state index is 0. The van der Waals surface area contributed by atoms with Crippen molar-refractivity contribution in [2.75, 3.05) is 0 Å². The van der Waals surface area contributed by atoms with E-state index >= 15 is 0 Å². The molecule has 2 aliphatic rings. The molecule has 4 heteroatoms. The van der Waals surface area contributed by atoms with Gasteiger partial charge >= 0.3 is 21.7 Å². The number of rotatable bonds is 4. The number of unbranched alkanes of at least 4 members (excludes halogenated alkanes) is 1. The van der Waals surface area contributed by atoms with Crippen LogP contribution in [0.1, 0.15) is 32.6 Å². The quantitative estimate of drug-likeness (QED) is 0.448. The third-order valence-corrected chi connectivity index (χ3v) is 9.67. The molecular weight excluding hydrogens is 351 g/mol. The van der Waals surface area contributed by atoms with Gasteiger partial charge in [-0.25, -0.2) is 24.3 Å². The van der Waals surface area contributed by atoms with Crippen molar-refractivity contribution in [3.8, 4) is 0 Å². The van der Waals surface area contributed by atoms with Crippen molar-refractivity contribution >= 4 is 13.3 Å². The van der Waals surface area contributed by atoms with Crippen LogP contribution in [0.4, 0.5) is 0 Å². The Morgan fingerprint density at radius 1 is 1.14 bits per heavy atom. The van der Waals surface area contributed by atoms with E-state index in [-0.39, 0.29) is 46.5 Å². The summed E-state index contributed by atoms with van der Waals surface area (Å²) in [5.41, 5.74) is 0. The minimum Gasteiger partial charge on any atom is -1.00 e. The third-order valence-electron chi connectivity index (χ3n) is 4.18. The molecule has 21 heavy (non-hydrogen) atoms. The molecular formula is C17H24Cl2SiTi. The molecule has 1 saturated heterocycles. The van der Waals surface area contributed by atoms with Gasteiger partial charge in [0.2, 0.25) is 0 Å². The van der Waals surface area contributed by atoms with Crippen molar-refractivity contribution in [3.63, 3.8) is 0 Å². The van der Waals surface area contributed by atoms with Gasteiger partial charge in [0.1, 0.15) is 0 Å². The standard InChI is InChI=1S/C12H19Si.C5H5.2ClH.Ti/c1-2-3-9-13(10-6-11-13)12-7-4-5-8-12;1-2-4-5-3-1;;;/h4-5,7-8H,2-3,6,9-11H2,1H3;1-3H,4H2;2*1H;/q2*-1;;;+4/p-2. The van der Waals surface area contributed by atoms with Crippen LogP contribution >= 0.6 is 0 Å². The monoisotopic (exact) mass is 374 g/mol. The van der Waals surface area contributed by atoms with Gasteiger partial charge in [0, 0.05) is 8.07 Å². The first kappa shape index (κ1) is 23.6. The van der Waals surface area contributed by atoms with Gasteiger partial charge in [-0.1, -0.05) is 44.3 Å². The van der Waals surface area contributed by atoms with Gasteiger partial charge in [0.05, 0.1) is 0 Å². The van der Waals surface area contributed by atoms with Crippen molar-refractivity contribution in [3.05, 3.63) is 48.6 Å². The maximum atomic E-state index is 2.99. The van der Waals surface area contributed by atoms with Gasteiger partial charge in [-0.2, -0.15) is 23.4 Å². The zero-order valence-corrected chi connectivity index (χ0v) is 16.8. The molecule has 3 rings (SSSR count). The summed E-state index contributed by atoms with van der Waals surface area (Å²) in [6.45, 7) is 2.31. The fraction of sp³-hybridized carbons (Fsp3) is 0.471. The van der Waals surface area contributed by atoms with Gasteiger partial charge in [-0.15, -0.1) is 6.42 Å². The molecule has 0 unspecified atom stereocenters. The van der Waals surface area contributed by atoms with Crippen LogP contribution < -0.4 is 30.0 Å². The average molecular weight is 375 g/mol. The molecule has 0 amide bonds. The molecule has 1 aliphatic carbocycles. The first-order chi connectivity index (χ1) is 8.87. The zero-order chi connectivity index (χ0) is 12.7. The molecule has 1 aromatic carbocycles. The number of halogens is 2. The Labute approximate surface area is 158 Å². The molecule has 1 fully saturated rings. The van der Waals surface area contributed by atoms with Crippen LogP contribution in [0, 0.1) is 6.08 Å². The summed E-state index contributed by atoms with van der Waals surface area (Å²) in [5, 5.41) is 1.74. The molecule has 1 aliphatic heterocycles. The largest absolute Gasteiger partial charge is 4.00 e. The van der Waals surface area contributed by atoms with Crippen molar-refractivity contribution in [1.29, 1.82) is 0 Å². The molecule has 0 atom stereocenters. The second kappa shape index (κ2) is 12.8. The molecule has 0 nitrogen and oxygen atoms in total. The first-order valence-electron chi connectivity index (χ1n) is 7.31. The second-order valence-corrected chi connectivity index (χ2v) is 10.1. The van der Waals surface area contributed by atoms with Crippen LogP contribution in [0.2, 0.25) is 18.1 Å². The SMILES string of the molecule is CCCC[Si]1([c-]2cccc2)CCC1.[C-]1=CC=CC1.[Cl-].[Cl-].[Ti+4]. The van der Waals surface area contributed by atoms with E-state index < -0.39 is 8.07 Å². The third kappa shape index (κ3) is 6.97. The summed E-state index contributed by atoms with van der Waals surface area (Å²) in [6.07, 6.45) is 14.3. The van der Waals surface area contributed by atoms with Gasteiger partial charge in [0.15, 0.2) is 0 Å². The molecule has 1 aromatic rings. The van der Waals surface area contributed by atoms with E-state index in [1.165, 1.54) is 19.3 Å². The number of hydrogen-bond acceptors (Lipinski definition) is 0. The van der Waals surface area contributed by atoms with E-state index in [0.29, 0.717) is 0 Å². The molecule has 0 aromatic heterocycles. The van der Waals surface area contributed by atoms with Gasteiger partial charge in [-0.3, -0.25) is 6.08 Å². The Morgan fingerprint density at radius 3 is 2.14 bits per heavy atom. The molecule has 0 spiro atoms. The Balaban J connectivity index is 0. The summed E-state index contributed by atoms with van der Waals surface area (Å²) < 4.78 is 0. The Hall–Kier alpha value is 0.341. The molecule has 0 bridgehead atoms. The van der Waals surface area contributed by atoms with E-state index in [2.05, 4.69) is 43.3 Å². The zero-order valence-electron chi connectivity index (χ0n) is 12.7. The molecule has 0 N–H and O–H groups in total. The smallest absolute Gasteiger partial charge is 1.00 e. The van der Waals surface area contributed by atoms with E-state index in [9.17, 15) is 0 Å². The number of allylic oxidation sites excluding steroid dienone is 4. The molecule has 0 saturated carbocycles. The molecule has 114 valence electrons. The fourth-order valence-corrected chi connectivity index (χ4v) is 7.37. The Kier molecular flexibility index (Phi) is 14.4. The van der Waals surface area contributed by atoms with Gasteiger partial charge < -0.3 is 24.8 Å². The number of hydrogen-bond donors (Lipinski definition) is 0. The topological polar surface area (TPSA) is 0 Å². The van der Waals surface area contributed by atoms with Crippen LogP contribution in [-0.4, -0.2) is 8.07 Å². The first-order valence-corrected chi connectivity index (χ1v) is 9.93.